The lowest BCUT2D eigenvalue weighted by molar-refractivity contribution is 0.0582. The van der Waals surface area contributed by atoms with Crippen LogP contribution in [0.3, 0.4) is 0 Å². The van der Waals surface area contributed by atoms with E-state index in [1.807, 2.05) is 17.9 Å². The number of aromatic nitrogens is 3. The average Bonchev–Trinajstić information content (AvgIpc) is 2.90. The lowest BCUT2D eigenvalue weighted by Crippen LogP contribution is -2.36. The Kier molecular flexibility index (Phi) is 4.12. The molecule has 1 saturated heterocycles. The number of rotatable bonds is 5. The third kappa shape index (κ3) is 2.66. The molecule has 0 bridgehead atoms. The molecule has 17 heavy (non-hydrogen) atoms. The van der Waals surface area contributed by atoms with E-state index in [-0.39, 0.29) is 12.1 Å². The van der Waals surface area contributed by atoms with Gasteiger partial charge < -0.3 is 10.1 Å². The van der Waals surface area contributed by atoms with Gasteiger partial charge in [0.15, 0.2) is 0 Å². The molecule has 2 rings (SSSR count). The van der Waals surface area contributed by atoms with Gasteiger partial charge >= 0.3 is 0 Å². The molecule has 0 radical (unpaired) electrons. The van der Waals surface area contributed by atoms with Crippen LogP contribution in [0.5, 0.6) is 0 Å². The van der Waals surface area contributed by atoms with Crippen LogP contribution >= 0.6 is 0 Å². The Balaban J connectivity index is 2.15. The molecule has 0 aromatic carbocycles. The molecule has 0 spiro atoms. The molecular formula is C12H22N4O. The fraction of sp³-hybridized carbons (Fsp3) is 0.833. The van der Waals surface area contributed by atoms with E-state index in [0.29, 0.717) is 5.92 Å². The van der Waals surface area contributed by atoms with E-state index < -0.39 is 0 Å². The normalized spacial score (nSPS) is 26.3. The minimum atomic E-state index is 0.201. The second kappa shape index (κ2) is 5.60. The molecule has 0 aliphatic carbocycles. The van der Waals surface area contributed by atoms with E-state index in [0.717, 1.165) is 31.7 Å². The summed E-state index contributed by atoms with van der Waals surface area (Å²) >= 11 is 0. The van der Waals surface area contributed by atoms with Crippen LogP contribution in [0.4, 0.5) is 0 Å². The van der Waals surface area contributed by atoms with Gasteiger partial charge in [-0.1, -0.05) is 19.1 Å². The first-order chi connectivity index (χ1) is 8.24. The van der Waals surface area contributed by atoms with E-state index in [2.05, 4.69) is 29.5 Å². The molecule has 0 amide bonds. The lowest BCUT2D eigenvalue weighted by atomic mass is 9.95. The van der Waals surface area contributed by atoms with Crippen LogP contribution in [0.15, 0.2) is 6.20 Å². The fourth-order valence-corrected chi connectivity index (χ4v) is 2.41. The number of aryl methyl sites for hydroxylation is 1. The SMILES string of the molecule is CCCNC(c1cnnn1C)C1OCCC1C. The quantitative estimate of drug-likeness (QED) is 0.839. The number of hydrogen-bond acceptors (Lipinski definition) is 4. The highest BCUT2D eigenvalue weighted by molar-refractivity contribution is 5.06. The molecule has 2 heterocycles. The van der Waals surface area contributed by atoms with E-state index in [1.165, 1.54) is 0 Å². The third-order valence-electron chi connectivity index (χ3n) is 3.46. The van der Waals surface area contributed by atoms with Crippen LogP contribution in [0.1, 0.15) is 38.4 Å². The van der Waals surface area contributed by atoms with Crippen molar-refractivity contribution in [3.8, 4) is 0 Å². The lowest BCUT2D eigenvalue weighted by Gasteiger charge is -2.26. The molecule has 1 aliphatic heterocycles. The summed E-state index contributed by atoms with van der Waals surface area (Å²) in [6.45, 7) is 6.27. The van der Waals surface area contributed by atoms with Crippen LogP contribution in [0, 0.1) is 5.92 Å². The standard InChI is InChI=1S/C12H22N4O/c1-4-6-13-11(10-8-14-15-16(10)3)12-9(2)5-7-17-12/h8-9,11-13H,4-7H2,1-3H3. The fourth-order valence-electron chi connectivity index (χ4n) is 2.41. The number of ether oxygens (including phenoxy) is 1. The molecule has 1 N–H and O–H groups in total. The molecule has 1 aromatic heterocycles. The Morgan fingerprint density at radius 2 is 2.47 bits per heavy atom. The summed E-state index contributed by atoms with van der Waals surface area (Å²) in [5.41, 5.74) is 1.11. The van der Waals surface area contributed by atoms with Gasteiger partial charge in [-0.15, -0.1) is 5.10 Å². The van der Waals surface area contributed by atoms with Gasteiger partial charge in [-0.2, -0.15) is 0 Å². The van der Waals surface area contributed by atoms with Crippen LogP contribution in [0.25, 0.3) is 0 Å². The molecule has 5 nitrogen and oxygen atoms in total. The zero-order valence-corrected chi connectivity index (χ0v) is 10.9. The minimum Gasteiger partial charge on any atom is -0.376 e. The maximum atomic E-state index is 5.87. The monoisotopic (exact) mass is 238 g/mol. The Labute approximate surface area is 103 Å². The molecule has 1 fully saturated rings. The Bertz CT molecular complexity index is 352. The van der Waals surface area contributed by atoms with E-state index >= 15 is 0 Å². The summed E-state index contributed by atoms with van der Waals surface area (Å²) in [7, 11) is 1.93. The average molecular weight is 238 g/mol. The van der Waals surface area contributed by atoms with Gasteiger partial charge in [-0.3, -0.25) is 4.68 Å². The van der Waals surface area contributed by atoms with Crippen LogP contribution in [-0.2, 0) is 11.8 Å². The van der Waals surface area contributed by atoms with Gasteiger partial charge in [0.2, 0.25) is 0 Å². The van der Waals surface area contributed by atoms with Crippen molar-refractivity contribution in [1.82, 2.24) is 20.3 Å². The van der Waals surface area contributed by atoms with Crippen molar-refractivity contribution in [3.05, 3.63) is 11.9 Å². The maximum Gasteiger partial charge on any atom is 0.0811 e. The van der Waals surface area contributed by atoms with Crippen molar-refractivity contribution in [1.29, 1.82) is 0 Å². The van der Waals surface area contributed by atoms with Gasteiger partial charge in [-0.05, 0) is 25.3 Å². The van der Waals surface area contributed by atoms with Crippen molar-refractivity contribution in [3.63, 3.8) is 0 Å². The first kappa shape index (κ1) is 12.5. The zero-order chi connectivity index (χ0) is 12.3. The van der Waals surface area contributed by atoms with Crippen molar-refractivity contribution in [2.24, 2.45) is 13.0 Å². The van der Waals surface area contributed by atoms with Gasteiger partial charge in [0.05, 0.1) is 24.0 Å². The minimum absolute atomic E-state index is 0.201. The Morgan fingerprint density at radius 3 is 3.00 bits per heavy atom. The summed E-state index contributed by atoms with van der Waals surface area (Å²) in [4.78, 5) is 0. The highest BCUT2D eigenvalue weighted by atomic mass is 16.5. The van der Waals surface area contributed by atoms with Gasteiger partial charge in [0, 0.05) is 13.7 Å². The molecule has 5 heteroatoms. The van der Waals surface area contributed by atoms with Gasteiger partial charge in [-0.25, -0.2) is 0 Å². The molecule has 1 aromatic rings. The number of hydrogen-bond donors (Lipinski definition) is 1. The van der Waals surface area contributed by atoms with E-state index in [4.69, 9.17) is 4.74 Å². The largest absolute Gasteiger partial charge is 0.376 e. The van der Waals surface area contributed by atoms with Crippen LogP contribution in [0.2, 0.25) is 0 Å². The predicted octanol–water partition coefficient (Wildman–Crippen LogP) is 1.28. The molecule has 96 valence electrons. The van der Waals surface area contributed by atoms with Crippen LogP contribution < -0.4 is 5.32 Å². The summed E-state index contributed by atoms with van der Waals surface area (Å²) in [5.74, 6) is 0.583. The second-order valence-corrected chi connectivity index (χ2v) is 4.82. The predicted molar refractivity (Wildman–Crippen MR) is 65.6 cm³/mol. The van der Waals surface area contributed by atoms with Crippen molar-refractivity contribution < 1.29 is 4.74 Å². The Hall–Kier alpha value is -0.940. The molecule has 1 aliphatic rings. The van der Waals surface area contributed by atoms with Crippen molar-refractivity contribution in [2.75, 3.05) is 13.2 Å². The summed E-state index contributed by atoms with van der Waals surface area (Å²) in [5, 5.41) is 11.5. The highest BCUT2D eigenvalue weighted by Crippen LogP contribution is 2.30. The van der Waals surface area contributed by atoms with Crippen LogP contribution in [-0.4, -0.2) is 34.2 Å². The zero-order valence-electron chi connectivity index (χ0n) is 10.9. The molecule has 3 unspecified atom stereocenters. The maximum absolute atomic E-state index is 5.87. The van der Waals surface area contributed by atoms with Crippen molar-refractivity contribution in [2.45, 2.75) is 38.8 Å². The Morgan fingerprint density at radius 1 is 1.65 bits per heavy atom. The number of nitrogens with one attached hydrogen (secondary N) is 1. The van der Waals surface area contributed by atoms with Crippen molar-refractivity contribution >= 4 is 0 Å². The van der Waals surface area contributed by atoms with Gasteiger partial charge in [0.1, 0.15) is 0 Å². The first-order valence-electron chi connectivity index (χ1n) is 6.43. The van der Waals surface area contributed by atoms with E-state index in [1.54, 1.807) is 0 Å². The molecule has 0 saturated carbocycles. The molecular weight excluding hydrogens is 216 g/mol. The summed E-state index contributed by atoms with van der Waals surface area (Å²) in [6, 6.07) is 0.201. The van der Waals surface area contributed by atoms with Gasteiger partial charge in [0.25, 0.3) is 0 Å². The molecule has 3 atom stereocenters. The summed E-state index contributed by atoms with van der Waals surface area (Å²) < 4.78 is 7.71. The summed E-state index contributed by atoms with van der Waals surface area (Å²) in [6.07, 6.45) is 4.32. The van der Waals surface area contributed by atoms with E-state index in [9.17, 15) is 0 Å². The third-order valence-corrected chi connectivity index (χ3v) is 3.46. The topological polar surface area (TPSA) is 52.0 Å². The second-order valence-electron chi connectivity index (χ2n) is 4.82. The highest BCUT2D eigenvalue weighted by Gasteiger charge is 2.34. The number of nitrogens with zero attached hydrogens (tertiary/aromatic N) is 3. The smallest absolute Gasteiger partial charge is 0.0811 e. The first-order valence-corrected chi connectivity index (χ1v) is 6.43.